The van der Waals surface area contributed by atoms with E-state index in [1.54, 1.807) is 6.33 Å². The minimum absolute atomic E-state index is 0.492. The smallest absolute Gasteiger partial charge is 0.133 e. The highest BCUT2D eigenvalue weighted by Crippen LogP contribution is 2.28. The lowest BCUT2D eigenvalue weighted by Gasteiger charge is -2.31. The normalized spacial score (nSPS) is 15.5. The molecule has 1 aliphatic heterocycles. The van der Waals surface area contributed by atoms with E-state index in [1.807, 2.05) is 18.2 Å². The molecule has 0 atom stereocenters. The highest BCUT2D eigenvalue weighted by molar-refractivity contribution is 5.57. The van der Waals surface area contributed by atoms with Crippen LogP contribution in [0.25, 0.3) is 0 Å². The number of piperidine rings is 1. The minimum atomic E-state index is 0.492. The van der Waals surface area contributed by atoms with Crippen LogP contribution in [-0.4, -0.2) is 28.0 Å². The van der Waals surface area contributed by atoms with Gasteiger partial charge in [-0.3, -0.25) is 4.90 Å². The van der Waals surface area contributed by atoms with Crippen molar-refractivity contribution < 1.29 is 0 Å². The fourth-order valence-electron chi connectivity index (χ4n) is 3.82. The summed E-state index contributed by atoms with van der Waals surface area (Å²) >= 11 is 0. The van der Waals surface area contributed by atoms with Crippen LogP contribution < -0.4 is 11.1 Å². The first-order chi connectivity index (χ1) is 13.8. The lowest BCUT2D eigenvalue weighted by molar-refractivity contribution is 0.203. The van der Waals surface area contributed by atoms with Gasteiger partial charge in [0.1, 0.15) is 12.1 Å². The van der Waals surface area contributed by atoms with Crippen molar-refractivity contribution in [3.05, 3.63) is 83.8 Å². The third kappa shape index (κ3) is 4.74. The van der Waals surface area contributed by atoms with Crippen molar-refractivity contribution in [2.75, 3.05) is 18.4 Å². The zero-order chi connectivity index (χ0) is 19.2. The average molecular weight is 374 g/mol. The molecule has 2 heterocycles. The quantitative estimate of drug-likeness (QED) is 0.682. The van der Waals surface area contributed by atoms with Gasteiger partial charge in [0.2, 0.25) is 0 Å². The van der Waals surface area contributed by atoms with E-state index < -0.39 is 0 Å². The van der Waals surface area contributed by atoms with E-state index in [0.717, 1.165) is 55.2 Å². The molecule has 144 valence electrons. The minimum Gasteiger partial charge on any atom is -0.340 e. The van der Waals surface area contributed by atoms with Gasteiger partial charge in [-0.25, -0.2) is 9.97 Å². The van der Waals surface area contributed by atoms with Gasteiger partial charge in [-0.15, -0.1) is 0 Å². The predicted octanol–water partition coefficient (Wildman–Crippen LogP) is 4.06. The Morgan fingerprint density at radius 2 is 1.71 bits per heavy atom. The molecule has 5 heteroatoms. The van der Waals surface area contributed by atoms with Crippen molar-refractivity contribution in [2.24, 2.45) is 5.73 Å². The summed E-state index contributed by atoms with van der Waals surface area (Å²) in [4.78, 5) is 11.5. The molecule has 1 saturated heterocycles. The van der Waals surface area contributed by atoms with Gasteiger partial charge in [0.15, 0.2) is 0 Å². The van der Waals surface area contributed by atoms with Crippen LogP contribution >= 0.6 is 0 Å². The highest BCUT2D eigenvalue weighted by Gasteiger charge is 2.22. The summed E-state index contributed by atoms with van der Waals surface area (Å²) in [7, 11) is 0. The van der Waals surface area contributed by atoms with Crippen LogP contribution in [0.15, 0.2) is 67.0 Å². The van der Waals surface area contributed by atoms with E-state index in [9.17, 15) is 0 Å². The summed E-state index contributed by atoms with van der Waals surface area (Å²) in [5, 5.41) is 3.38. The molecule has 0 bridgehead atoms. The molecule has 3 aromatic rings. The van der Waals surface area contributed by atoms with E-state index in [2.05, 4.69) is 62.6 Å². The third-order valence-electron chi connectivity index (χ3n) is 5.38. The van der Waals surface area contributed by atoms with E-state index >= 15 is 0 Å². The summed E-state index contributed by atoms with van der Waals surface area (Å²) in [6, 6.07) is 20.9. The predicted molar refractivity (Wildman–Crippen MR) is 113 cm³/mol. The van der Waals surface area contributed by atoms with E-state index in [0.29, 0.717) is 12.5 Å². The summed E-state index contributed by atoms with van der Waals surface area (Å²) < 4.78 is 0. The van der Waals surface area contributed by atoms with Gasteiger partial charge in [-0.2, -0.15) is 0 Å². The lowest BCUT2D eigenvalue weighted by atomic mass is 9.93. The number of benzene rings is 2. The molecule has 0 saturated carbocycles. The molecule has 1 fully saturated rings. The van der Waals surface area contributed by atoms with Crippen LogP contribution in [0.3, 0.4) is 0 Å². The van der Waals surface area contributed by atoms with Crippen LogP contribution in [0.1, 0.15) is 35.6 Å². The maximum Gasteiger partial charge on any atom is 0.133 e. The van der Waals surface area contributed by atoms with Gasteiger partial charge >= 0.3 is 0 Å². The molecule has 28 heavy (non-hydrogen) atoms. The summed E-state index contributed by atoms with van der Waals surface area (Å²) in [6.07, 6.45) is 3.93. The largest absolute Gasteiger partial charge is 0.340 e. The second-order valence-corrected chi connectivity index (χ2v) is 7.39. The Morgan fingerprint density at radius 1 is 0.929 bits per heavy atom. The monoisotopic (exact) mass is 373 g/mol. The van der Waals surface area contributed by atoms with Gasteiger partial charge < -0.3 is 11.1 Å². The molecule has 0 unspecified atom stereocenters. The van der Waals surface area contributed by atoms with Crippen LogP contribution in [0, 0.1) is 0 Å². The second-order valence-electron chi connectivity index (χ2n) is 7.39. The fraction of sp³-hybridized carbons (Fsp3) is 0.304. The summed E-state index contributed by atoms with van der Waals surface area (Å²) in [5.41, 5.74) is 10.4. The van der Waals surface area contributed by atoms with Crippen LogP contribution in [0.4, 0.5) is 11.5 Å². The number of likely N-dealkylation sites (tertiary alicyclic amines) is 1. The summed E-state index contributed by atoms with van der Waals surface area (Å²) in [6.45, 7) is 3.77. The topological polar surface area (TPSA) is 67.1 Å². The highest BCUT2D eigenvalue weighted by atomic mass is 15.1. The molecule has 1 aromatic heterocycles. The van der Waals surface area contributed by atoms with Gasteiger partial charge in [-0.1, -0.05) is 42.5 Å². The molecule has 0 aliphatic carbocycles. The molecule has 2 aromatic carbocycles. The number of nitrogens with one attached hydrogen (secondary N) is 1. The van der Waals surface area contributed by atoms with Crippen molar-refractivity contribution >= 4 is 11.5 Å². The van der Waals surface area contributed by atoms with Gasteiger partial charge in [0, 0.05) is 36.5 Å². The number of hydrogen-bond donors (Lipinski definition) is 2. The molecular weight excluding hydrogens is 346 g/mol. The van der Waals surface area contributed by atoms with Gasteiger partial charge in [0.25, 0.3) is 0 Å². The Kier molecular flexibility index (Phi) is 5.95. The molecular formula is C23H27N5. The van der Waals surface area contributed by atoms with Crippen molar-refractivity contribution in [1.29, 1.82) is 0 Å². The molecule has 1 aliphatic rings. The first kappa shape index (κ1) is 18.6. The number of rotatable bonds is 6. The van der Waals surface area contributed by atoms with Gasteiger partial charge in [0.05, 0.1) is 0 Å². The number of hydrogen-bond acceptors (Lipinski definition) is 5. The maximum atomic E-state index is 5.74. The zero-order valence-electron chi connectivity index (χ0n) is 16.1. The van der Waals surface area contributed by atoms with E-state index in [1.165, 1.54) is 5.56 Å². The number of anilines is 2. The van der Waals surface area contributed by atoms with Crippen LogP contribution in [0.5, 0.6) is 0 Å². The molecule has 0 spiro atoms. The molecule has 3 N–H and O–H groups in total. The number of nitrogens with two attached hydrogens (primary N) is 1. The van der Waals surface area contributed by atoms with Crippen molar-refractivity contribution in [1.82, 2.24) is 14.9 Å². The number of aromatic nitrogens is 2. The SMILES string of the molecule is NCc1cccc(Nc2cc(C3CCN(Cc4ccccc4)CC3)ncn2)c1. The Hall–Kier alpha value is -2.76. The van der Waals surface area contributed by atoms with E-state index in [-0.39, 0.29) is 0 Å². The standard InChI is InChI=1S/C23H27N5/c24-15-19-7-4-8-21(13-19)27-23-14-22(25-17-26-23)20-9-11-28(12-10-20)16-18-5-2-1-3-6-18/h1-8,13-14,17,20H,9-12,15-16,24H2,(H,25,26,27). The molecule has 0 radical (unpaired) electrons. The van der Waals surface area contributed by atoms with Crippen LogP contribution in [0.2, 0.25) is 0 Å². The van der Waals surface area contributed by atoms with Crippen molar-refractivity contribution in [3.63, 3.8) is 0 Å². The average Bonchev–Trinajstić information content (AvgIpc) is 2.75. The molecule has 5 nitrogen and oxygen atoms in total. The van der Waals surface area contributed by atoms with Crippen molar-refractivity contribution in [3.8, 4) is 0 Å². The summed E-state index contributed by atoms with van der Waals surface area (Å²) in [5.74, 6) is 1.33. The Morgan fingerprint density at radius 3 is 2.50 bits per heavy atom. The maximum absolute atomic E-state index is 5.74. The fourth-order valence-corrected chi connectivity index (χ4v) is 3.82. The third-order valence-corrected chi connectivity index (χ3v) is 5.38. The lowest BCUT2D eigenvalue weighted by Crippen LogP contribution is -2.32. The Balaban J connectivity index is 1.37. The first-order valence-corrected chi connectivity index (χ1v) is 9.94. The van der Waals surface area contributed by atoms with Gasteiger partial charge in [-0.05, 0) is 49.2 Å². The first-order valence-electron chi connectivity index (χ1n) is 9.94. The molecule has 4 rings (SSSR count). The Labute approximate surface area is 166 Å². The Bertz CT molecular complexity index is 888. The molecule has 0 amide bonds. The van der Waals surface area contributed by atoms with Crippen molar-refractivity contribution in [2.45, 2.75) is 31.8 Å². The van der Waals surface area contributed by atoms with Crippen LogP contribution in [-0.2, 0) is 13.1 Å². The number of nitrogens with zero attached hydrogens (tertiary/aromatic N) is 3. The van der Waals surface area contributed by atoms with E-state index in [4.69, 9.17) is 5.73 Å². The zero-order valence-corrected chi connectivity index (χ0v) is 16.1. The second kappa shape index (κ2) is 8.95.